The number of non-ortho nitro benzene ring substituents is 1. The Hall–Kier alpha value is -2.80. The van der Waals surface area contributed by atoms with Gasteiger partial charge in [-0.05, 0) is 37.4 Å². The second kappa shape index (κ2) is 5.77. The number of hydrogen-bond acceptors (Lipinski definition) is 5. The highest BCUT2D eigenvalue weighted by molar-refractivity contribution is 7.13. The van der Waals surface area contributed by atoms with Crippen molar-refractivity contribution in [3.63, 3.8) is 0 Å². The number of aromatic nitrogens is 2. The molecule has 0 amide bonds. The van der Waals surface area contributed by atoms with Crippen LogP contribution >= 0.6 is 11.3 Å². The lowest BCUT2D eigenvalue weighted by Crippen LogP contribution is -2.01. The molecule has 6 nitrogen and oxygen atoms in total. The lowest BCUT2D eigenvalue weighted by Gasteiger charge is -2.04. The standard InChI is InChI=1S/C16H13N3O3S/c1-10-15(11(2)20)16(14-4-3-9-23-14)17-18(10)12-5-7-13(8-6-12)19(21)22/h3-9H,1-2H3. The number of ketones is 1. The van der Waals surface area contributed by atoms with Gasteiger partial charge in [0, 0.05) is 12.1 Å². The van der Waals surface area contributed by atoms with Gasteiger partial charge in [0.25, 0.3) is 5.69 Å². The maximum Gasteiger partial charge on any atom is 0.269 e. The molecule has 7 heteroatoms. The topological polar surface area (TPSA) is 78.0 Å². The van der Waals surface area contributed by atoms with Crippen molar-refractivity contribution < 1.29 is 9.72 Å². The minimum absolute atomic E-state index is 0.0174. The third-order valence-electron chi connectivity index (χ3n) is 3.53. The first-order chi connectivity index (χ1) is 11.0. The van der Waals surface area contributed by atoms with Gasteiger partial charge in [0.1, 0.15) is 5.69 Å². The van der Waals surface area contributed by atoms with Crippen LogP contribution in [0.25, 0.3) is 16.3 Å². The van der Waals surface area contributed by atoms with Crippen LogP contribution in [-0.2, 0) is 0 Å². The van der Waals surface area contributed by atoms with Gasteiger partial charge in [-0.25, -0.2) is 4.68 Å². The number of nitro groups is 1. The molecule has 0 fully saturated rings. The second-order valence-corrected chi connectivity index (χ2v) is 5.98. The summed E-state index contributed by atoms with van der Waals surface area (Å²) in [6.45, 7) is 3.34. The summed E-state index contributed by atoms with van der Waals surface area (Å²) in [4.78, 5) is 23.3. The Morgan fingerprint density at radius 3 is 2.48 bits per heavy atom. The lowest BCUT2D eigenvalue weighted by atomic mass is 10.1. The number of carbonyl (C=O) groups is 1. The van der Waals surface area contributed by atoms with Gasteiger partial charge in [0.15, 0.2) is 5.78 Å². The molecule has 0 aliphatic rings. The van der Waals surface area contributed by atoms with Crippen LogP contribution in [0.2, 0.25) is 0 Å². The van der Waals surface area contributed by atoms with Crippen LogP contribution in [-0.4, -0.2) is 20.5 Å². The van der Waals surface area contributed by atoms with Gasteiger partial charge in [-0.3, -0.25) is 14.9 Å². The number of carbonyl (C=O) groups excluding carboxylic acids is 1. The van der Waals surface area contributed by atoms with E-state index >= 15 is 0 Å². The van der Waals surface area contributed by atoms with Gasteiger partial charge < -0.3 is 0 Å². The zero-order valence-corrected chi connectivity index (χ0v) is 13.3. The fourth-order valence-electron chi connectivity index (χ4n) is 2.48. The second-order valence-electron chi connectivity index (χ2n) is 5.03. The molecular weight excluding hydrogens is 314 g/mol. The summed E-state index contributed by atoms with van der Waals surface area (Å²) in [5.41, 5.74) is 2.63. The van der Waals surface area contributed by atoms with E-state index in [1.54, 1.807) is 16.8 Å². The molecule has 3 rings (SSSR count). The van der Waals surface area contributed by atoms with E-state index in [0.717, 1.165) is 10.6 Å². The summed E-state index contributed by atoms with van der Waals surface area (Å²) in [5, 5.41) is 17.2. The van der Waals surface area contributed by atoms with E-state index in [1.807, 2.05) is 24.4 Å². The van der Waals surface area contributed by atoms with Crippen LogP contribution in [0, 0.1) is 17.0 Å². The molecule has 116 valence electrons. The summed E-state index contributed by atoms with van der Waals surface area (Å²) in [6.07, 6.45) is 0. The van der Waals surface area contributed by atoms with Crippen molar-refractivity contribution in [2.75, 3.05) is 0 Å². The zero-order valence-electron chi connectivity index (χ0n) is 12.5. The molecule has 0 aliphatic heterocycles. The summed E-state index contributed by atoms with van der Waals surface area (Å²) in [6, 6.07) is 9.92. The van der Waals surface area contributed by atoms with Crippen molar-refractivity contribution in [3.05, 3.63) is 63.1 Å². The molecule has 0 saturated carbocycles. The number of rotatable bonds is 4. The number of hydrogen-bond donors (Lipinski definition) is 0. The van der Waals surface area contributed by atoms with Crippen LogP contribution < -0.4 is 0 Å². The Balaban J connectivity index is 2.15. The molecule has 0 aliphatic carbocycles. The molecule has 0 atom stereocenters. The van der Waals surface area contributed by atoms with E-state index in [1.165, 1.54) is 30.4 Å². The fraction of sp³-hybridized carbons (Fsp3) is 0.125. The van der Waals surface area contributed by atoms with Crippen LogP contribution in [0.1, 0.15) is 23.0 Å². The molecule has 23 heavy (non-hydrogen) atoms. The van der Waals surface area contributed by atoms with E-state index in [9.17, 15) is 14.9 Å². The molecule has 3 aromatic rings. The van der Waals surface area contributed by atoms with Gasteiger partial charge >= 0.3 is 0 Å². The van der Waals surface area contributed by atoms with Crippen molar-refractivity contribution in [1.82, 2.24) is 9.78 Å². The first kappa shape index (κ1) is 15.1. The molecule has 0 unspecified atom stereocenters. The van der Waals surface area contributed by atoms with Crippen LogP contribution in [0.5, 0.6) is 0 Å². The van der Waals surface area contributed by atoms with Crippen molar-refractivity contribution in [1.29, 1.82) is 0 Å². The number of thiophene rings is 1. The van der Waals surface area contributed by atoms with Crippen LogP contribution in [0.3, 0.4) is 0 Å². The molecular formula is C16H13N3O3S. The molecule has 1 aromatic carbocycles. The van der Waals surface area contributed by atoms with Gasteiger partial charge in [0.05, 0.1) is 26.7 Å². The first-order valence-corrected chi connectivity index (χ1v) is 7.76. The molecule has 0 bridgehead atoms. The fourth-order valence-corrected chi connectivity index (χ4v) is 3.19. The summed E-state index contributed by atoms with van der Waals surface area (Å²) in [5.74, 6) is -0.0564. The Bertz CT molecular complexity index is 880. The minimum Gasteiger partial charge on any atom is -0.294 e. The Morgan fingerprint density at radius 2 is 1.96 bits per heavy atom. The molecule has 2 aromatic heterocycles. The normalized spacial score (nSPS) is 10.7. The Kier molecular flexibility index (Phi) is 3.79. The Labute approximate surface area is 136 Å². The van der Waals surface area contributed by atoms with Gasteiger partial charge in [-0.2, -0.15) is 5.10 Å². The monoisotopic (exact) mass is 327 g/mol. The smallest absolute Gasteiger partial charge is 0.269 e. The highest BCUT2D eigenvalue weighted by Crippen LogP contribution is 2.31. The van der Waals surface area contributed by atoms with Crippen LogP contribution in [0.4, 0.5) is 5.69 Å². The summed E-state index contributed by atoms with van der Waals surface area (Å²) >= 11 is 1.51. The highest BCUT2D eigenvalue weighted by atomic mass is 32.1. The third kappa shape index (κ3) is 2.66. The molecule has 0 spiro atoms. The van der Waals surface area contributed by atoms with E-state index in [2.05, 4.69) is 5.10 Å². The molecule has 2 heterocycles. The number of nitrogens with zero attached hydrogens (tertiary/aromatic N) is 3. The SMILES string of the molecule is CC(=O)c1c(-c2cccs2)nn(-c2ccc([N+](=O)[O-])cc2)c1C. The maximum atomic E-state index is 12.0. The largest absolute Gasteiger partial charge is 0.294 e. The van der Waals surface area contributed by atoms with Crippen LogP contribution in [0.15, 0.2) is 41.8 Å². The average molecular weight is 327 g/mol. The first-order valence-electron chi connectivity index (χ1n) is 6.88. The van der Waals surface area contributed by atoms with Gasteiger partial charge in [-0.1, -0.05) is 6.07 Å². The van der Waals surface area contributed by atoms with Crippen molar-refractivity contribution >= 4 is 22.8 Å². The Morgan fingerprint density at radius 1 is 1.26 bits per heavy atom. The van der Waals surface area contributed by atoms with Crippen molar-refractivity contribution in [2.24, 2.45) is 0 Å². The molecule has 0 radical (unpaired) electrons. The number of benzene rings is 1. The van der Waals surface area contributed by atoms with Crippen molar-refractivity contribution in [2.45, 2.75) is 13.8 Å². The van der Waals surface area contributed by atoms with E-state index in [-0.39, 0.29) is 11.5 Å². The highest BCUT2D eigenvalue weighted by Gasteiger charge is 2.21. The predicted molar refractivity (Wildman–Crippen MR) is 88.3 cm³/mol. The third-order valence-corrected chi connectivity index (χ3v) is 4.40. The average Bonchev–Trinajstić information content (AvgIpc) is 3.14. The predicted octanol–water partition coefficient (Wildman–Crippen LogP) is 4.02. The minimum atomic E-state index is -0.447. The zero-order chi connectivity index (χ0) is 16.6. The molecule has 0 saturated heterocycles. The van der Waals surface area contributed by atoms with E-state index in [0.29, 0.717) is 16.9 Å². The number of nitro benzene ring substituents is 1. The summed E-state index contributed by atoms with van der Waals surface area (Å²) < 4.78 is 1.65. The van der Waals surface area contributed by atoms with E-state index in [4.69, 9.17) is 0 Å². The summed E-state index contributed by atoms with van der Waals surface area (Å²) in [7, 11) is 0. The van der Waals surface area contributed by atoms with Crippen molar-refractivity contribution in [3.8, 4) is 16.3 Å². The maximum absolute atomic E-state index is 12.0. The quantitative estimate of drug-likeness (QED) is 0.412. The van der Waals surface area contributed by atoms with Gasteiger partial charge in [0.2, 0.25) is 0 Å². The number of Topliss-reactive ketones (excluding diaryl/α,β-unsaturated/α-hetero) is 1. The van der Waals surface area contributed by atoms with Gasteiger partial charge in [-0.15, -0.1) is 11.3 Å². The lowest BCUT2D eigenvalue weighted by molar-refractivity contribution is -0.384. The van der Waals surface area contributed by atoms with E-state index < -0.39 is 4.92 Å². The molecule has 0 N–H and O–H groups in total.